The number of rotatable bonds is 2. The Hall–Kier alpha value is -0.960. The van der Waals surface area contributed by atoms with Crippen molar-refractivity contribution < 1.29 is 8.78 Å². The van der Waals surface area contributed by atoms with Gasteiger partial charge in [0.15, 0.2) is 0 Å². The molecule has 1 heterocycles. The first-order chi connectivity index (χ1) is 6.24. The molecule has 0 saturated carbocycles. The maximum Gasteiger partial charge on any atom is 0.126 e. The summed E-state index contributed by atoms with van der Waals surface area (Å²) < 4.78 is 25.5. The first-order valence-corrected chi connectivity index (χ1v) is 4.40. The van der Waals surface area contributed by atoms with Crippen molar-refractivity contribution in [3.8, 4) is 0 Å². The van der Waals surface area contributed by atoms with Crippen molar-refractivity contribution in [2.75, 3.05) is 13.1 Å². The van der Waals surface area contributed by atoms with E-state index in [-0.39, 0.29) is 0 Å². The highest BCUT2D eigenvalue weighted by Gasteiger charge is 2.17. The van der Waals surface area contributed by atoms with Crippen LogP contribution < -0.4 is 5.32 Å². The predicted octanol–water partition coefficient (Wildman–Crippen LogP) is 1.73. The Morgan fingerprint density at radius 3 is 2.23 bits per heavy atom. The van der Waals surface area contributed by atoms with Gasteiger partial charge in [-0.25, -0.2) is 8.78 Å². The topological polar surface area (TPSA) is 12.0 Å². The molecule has 70 valence electrons. The van der Waals surface area contributed by atoms with Crippen LogP contribution in [0.25, 0.3) is 0 Å². The summed E-state index contributed by atoms with van der Waals surface area (Å²) in [4.78, 5) is 0. The normalized spacial score (nSPS) is 17.1. The minimum Gasteiger partial charge on any atom is -0.316 e. The number of hydrogen-bond donors (Lipinski definition) is 1. The van der Waals surface area contributed by atoms with Crippen LogP contribution in [0.1, 0.15) is 5.56 Å². The average molecular weight is 183 g/mol. The van der Waals surface area contributed by atoms with Crippen molar-refractivity contribution in [3.63, 3.8) is 0 Å². The first-order valence-electron chi connectivity index (χ1n) is 4.40. The Bertz CT molecular complexity index is 288. The molecular formula is C10H11F2N. The highest BCUT2D eigenvalue weighted by atomic mass is 19.1. The second-order valence-electron chi connectivity index (χ2n) is 3.51. The Morgan fingerprint density at radius 1 is 1.15 bits per heavy atom. The molecule has 1 nitrogen and oxygen atoms in total. The standard InChI is InChI=1S/C10H11F2N/c11-9-2-7(3-10(12)4-9)1-8-5-13-6-8/h2-4,8,13H,1,5-6H2. The summed E-state index contributed by atoms with van der Waals surface area (Å²) in [7, 11) is 0. The van der Waals surface area contributed by atoms with Gasteiger partial charge in [0.2, 0.25) is 0 Å². The van der Waals surface area contributed by atoms with Gasteiger partial charge in [0.05, 0.1) is 0 Å². The van der Waals surface area contributed by atoms with Crippen LogP contribution in [0.3, 0.4) is 0 Å². The van der Waals surface area contributed by atoms with Gasteiger partial charge in [-0.05, 0) is 43.1 Å². The van der Waals surface area contributed by atoms with E-state index in [1.165, 1.54) is 12.1 Å². The Labute approximate surface area is 75.8 Å². The molecule has 3 heteroatoms. The van der Waals surface area contributed by atoms with E-state index in [9.17, 15) is 8.78 Å². The van der Waals surface area contributed by atoms with Gasteiger partial charge in [0.25, 0.3) is 0 Å². The first kappa shape index (κ1) is 8.63. The van der Waals surface area contributed by atoms with Crippen LogP contribution in [0, 0.1) is 17.6 Å². The third kappa shape index (κ3) is 2.04. The van der Waals surface area contributed by atoms with Gasteiger partial charge in [0.1, 0.15) is 11.6 Å². The Morgan fingerprint density at radius 2 is 1.77 bits per heavy atom. The largest absolute Gasteiger partial charge is 0.316 e. The summed E-state index contributed by atoms with van der Waals surface area (Å²) in [5, 5.41) is 3.12. The van der Waals surface area contributed by atoms with Crippen LogP contribution in [-0.4, -0.2) is 13.1 Å². The third-order valence-corrected chi connectivity index (χ3v) is 2.31. The molecule has 13 heavy (non-hydrogen) atoms. The molecule has 2 rings (SSSR count). The monoisotopic (exact) mass is 183 g/mol. The molecule has 0 bridgehead atoms. The van der Waals surface area contributed by atoms with E-state index >= 15 is 0 Å². The van der Waals surface area contributed by atoms with E-state index in [0.717, 1.165) is 31.1 Å². The maximum absolute atomic E-state index is 12.7. The number of halogens is 2. The van der Waals surface area contributed by atoms with E-state index < -0.39 is 11.6 Å². The van der Waals surface area contributed by atoms with Crippen molar-refractivity contribution in [2.24, 2.45) is 5.92 Å². The zero-order chi connectivity index (χ0) is 9.26. The number of benzene rings is 1. The van der Waals surface area contributed by atoms with Crippen LogP contribution in [0.2, 0.25) is 0 Å². The summed E-state index contributed by atoms with van der Waals surface area (Å²) in [5.74, 6) is -0.425. The zero-order valence-corrected chi connectivity index (χ0v) is 7.19. The third-order valence-electron chi connectivity index (χ3n) is 2.31. The fourth-order valence-corrected chi connectivity index (χ4v) is 1.55. The highest BCUT2D eigenvalue weighted by Crippen LogP contribution is 2.15. The van der Waals surface area contributed by atoms with Crippen molar-refractivity contribution in [1.29, 1.82) is 0 Å². The van der Waals surface area contributed by atoms with Gasteiger partial charge in [-0.2, -0.15) is 0 Å². The zero-order valence-electron chi connectivity index (χ0n) is 7.19. The van der Waals surface area contributed by atoms with Gasteiger partial charge in [-0.3, -0.25) is 0 Å². The van der Waals surface area contributed by atoms with E-state index in [1.54, 1.807) is 0 Å². The second-order valence-corrected chi connectivity index (χ2v) is 3.51. The fraction of sp³-hybridized carbons (Fsp3) is 0.400. The van der Waals surface area contributed by atoms with Crippen LogP contribution in [0.5, 0.6) is 0 Å². The van der Waals surface area contributed by atoms with Gasteiger partial charge in [0, 0.05) is 6.07 Å². The lowest BCUT2D eigenvalue weighted by Gasteiger charge is -2.27. The van der Waals surface area contributed by atoms with Crippen molar-refractivity contribution in [3.05, 3.63) is 35.4 Å². The summed E-state index contributed by atoms with van der Waals surface area (Å²) in [6.45, 7) is 1.91. The summed E-state index contributed by atoms with van der Waals surface area (Å²) in [5.41, 5.74) is 0.754. The summed E-state index contributed by atoms with van der Waals surface area (Å²) in [6.07, 6.45) is 0.766. The van der Waals surface area contributed by atoms with Gasteiger partial charge in [-0.1, -0.05) is 0 Å². The molecule has 0 aromatic heterocycles. The van der Waals surface area contributed by atoms with E-state index in [0.29, 0.717) is 5.92 Å². The van der Waals surface area contributed by atoms with Crippen LogP contribution in [0.15, 0.2) is 18.2 Å². The molecule has 0 aliphatic carbocycles. The van der Waals surface area contributed by atoms with Crippen LogP contribution >= 0.6 is 0 Å². The molecule has 1 aliphatic rings. The lowest BCUT2D eigenvalue weighted by Crippen LogP contribution is -2.43. The molecule has 0 atom stereocenters. The summed E-state index contributed by atoms with van der Waals surface area (Å²) in [6, 6.07) is 3.71. The van der Waals surface area contributed by atoms with Crippen molar-refractivity contribution >= 4 is 0 Å². The Balaban J connectivity index is 2.10. The molecule has 1 fully saturated rings. The van der Waals surface area contributed by atoms with E-state index in [2.05, 4.69) is 5.32 Å². The molecule has 1 saturated heterocycles. The average Bonchev–Trinajstić information content (AvgIpc) is 1.95. The Kier molecular flexibility index (Phi) is 2.27. The molecule has 1 N–H and O–H groups in total. The minimum absolute atomic E-state index is 0.484. The molecule has 1 aromatic rings. The molecule has 1 aromatic carbocycles. The van der Waals surface area contributed by atoms with Crippen LogP contribution in [-0.2, 0) is 6.42 Å². The van der Waals surface area contributed by atoms with E-state index in [4.69, 9.17) is 0 Å². The predicted molar refractivity (Wildman–Crippen MR) is 46.4 cm³/mol. The number of hydrogen-bond acceptors (Lipinski definition) is 1. The number of nitrogens with one attached hydrogen (secondary N) is 1. The van der Waals surface area contributed by atoms with Crippen LogP contribution in [0.4, 0.5) is 8.78 Å². The maximum atomic E-state index is 12.7. The molecule has 0 unspecified atom stereocenters. The quantitative estimate of drug-likeness (QED) is 0.736. The summed E-state index contributed by atoms with van der Waals surface area (Å²) >= 11 is 0. The van der Waals surface area contributed by atoms with Gasteiger partial charge >= 0.3 is 0 Å². The van der Waals surface area contributed by atoms with Gasteiger partial charge in [-0.15, -0.1) is 0 Å². The van der Waals surface area contributed by atoms with Gasteiger partial charge < -0.3 is 5.32 Å². The smallest absolute Gasteiger partial charge is 0.126 e. The lowest BCUT2D eigenvalue weighted by atomic mass is 9.94. The lowest BCUT2D eigenvalue weighted by molar-refractivity contribution is 0.346. The minimum atomic E-state index is -0.484. The van der Waals surface area contributed by atoms with Crippen molar-refractivity contribution in [1.82, 2.24) is 5.32 Å². The molecule has 0 radical (unpaired) electrons. The second kappa shape index (κ2) is 3.42. The van der Waals surface area contributed by atoms with Crippen molar-refractivity contribution in [2.45, 2.75) is 6.42 Å². The van der Waals surface area contributed by atoms with E-state index in [1.807, 2.05) is 0 Å². The molecular weight excluding hydrogens is 172 g/mol. The molecule has 1 aliphatic heterocycles. The molecule has 0 spiro atoms. The fourth-order valence-electron chi connectivity index (χ4n) is 1.55. The SMILES string of the molecule is Fc1cc(F)cc(CC2CNC2)c1. The molecule has 0 amide bonds. The highest BCUT2D eigenvalue weighted by molar-refractivity contribution is 5.18.